The number of nitrogens with zero attached hydrogens (tertiary/aromatic N) is 2. The Labute approximate surface area is 174 Å². The Balaban J connectivity index is 1.96. The predicted octanol–water partition coefficient (Wildman–Crippen LogP) is 6.18. The summed E-state index contributed by atoms with van der Waals surface area (Å²) < 4.78 is 4.57. The molecule has 29 heavy (non-hydrogen) atoms. The Morgan fingerprint density at radius 1 is 0.690 bits per heavy atom. The van der Waals surface area contributed by atoms with E-state index in [2.05, 4.69) is 118 Å². The fourth-order valence-electron chi connectivity index (χ4n) is 4.58. The Bertz CT molecular complexity index is 1190. The summed E-state index contributed by atoms with van der Waals surface area (Å²) in [5.41, 5.74) is 11.6. The van der Waals surface area contributed by atoms with Crippen molar-refractivity contribution in [2.75, 3.05) is 0 Å². The van der Waals surface area contributed by atoms with Crippen molar-refractivity contribution in [3.63, 3.8) is 0 Å². The van der Waals surface area contributed by atoms with E-state index in [1.165, 1.54) is 56.0 Å². The maximum Gasteiger partial charge on any atom is 0.294 e. The van der Waals surface area contributed by atoms with Crippen molar-refractivity contribution in [2.24, 2.45) is 7.05 Å². The summed E-state index contributed by atoms with van der Waals surface area (Å²) in [5, 5.41) is 0. The summed E-state index contributed by atoms with van der Waals surface area (Å²) in [6.07, 6.45) is 4.33. The Morgan fingerprint density at radius 2 is 1.31 bits per heavy atom. The van der Waals surface area contributed by atoms with Crippen molar-refractivity contribution < 1.29 is 4.57 Å². The van der Waals surface area contributed by atoms with Crippen molar-refractivity contribution >= 4 is 0 Å². The second kappa shape index (κ2) is 7.36. The van der Waals surface area contributed by atoms with Crippen molar-refractivity contribution in [3.05, 3.63) is 94.8 Å². The van der Waals surface area contributed by atoms with Crippen LogP contribution in [0.2, 0.25) is 0 Å². The largest absolute Gasteiger partial charge is 0.294 e. The minimum atomic E-state index is 1.20. The Kier molecular flexibility index (Phi) is 4.87. The molecule has 0 atom stereocenters. The third-order valence-electron chi connectivity index (χ3n) is 5.89. The van der Waals surface area contributed by atoms with Gasteiger partial charge in [-0.05, 0) is 74.1 Å². The van der Waals surface area contributed by atoms with E-state index < -0.39 is 0 Å². The van der Waals surface area contributed by atoms with Gasteiger partial charge >= 0.3 is 0 Å². The average molecular weight is 382 g/mol. The minimum absolute atomic E-state index is 1.20. The van der Waals surface area contributed by atoms with E-state index in [1.54, 1.807) is 0 Å². The maximum absolute atomic E-state index is 2.34. The lowest BCUT2D eigenvalue weighted by molar-refractivity contribution is -0.659. The molecule has 0 aliphatic carbocycles. The minimum Gasteiger partial charge on any atom is -0.232 e. The third-order valence-corrected chi connectivity index (χ3v) is 5.89. The monoisotopic (exact) mass is 381 g/mol. The zero-order chi connectivity index (χ0) is 20.7. The molecule has 0 N–H and O–H groups in total. The molecular formula is C27H29N2+. The topological polar surface area (TPSA) is 8.81 Å². The van der Waals surface area contributed by atoms with Crippen molar-refractivity contribution in [1.82, 2.24) is 4.57 Å². The molecule has 0 aliphatic heterocycles. The molecule has 0 saturated carbocycles. The molecule has 3 aromatic carbocycles. The summed E-state index contributed by atoms with van der Waals surface area (Å²) in [7, 11) is 2.13. The fraction of sp³-hybridized carbons (Fsp3) is 0.222. The first-order chi connectivity index (χ1) is 13.9. The molecule has 0 fully saturated rings. The van der Waals surface area contributed by atoms with Crippen LogP contribution in [0.3, 0.4) is 0 Å². The molecule has 0 radical (unpaired) electrons. The summed E-state index contributed by atoms with van der Waals surface area (Å²) in [5.74, 6) is 1.20. The van der Waals surface area contributed by atoms with Crippen LogP contribution in [0.4, 0.5) is 0 Å². The average Bonchev–Trinajstić information content (AvgIpc) is 3.03. The molecular weight excluding hydrogens is 352 g/mol. The van der Waals surface area contributed by atoms with Gasteiger partial charge < -0.3 is 0 Å². The number of benzene rings is 3. The highest BCUT2D eigenvalue weighted by Crippen LogP contribution is 2.34. The zero-order valence-corrected chi connectivity index (χ0v) is 18.2. The molecule has 4 rings (SSSR count). The van der Waals surface area contributed by atoms with Gasteiger partial charge in [-0.1, -0.05) is 54.1 Å². The van der Waals surface area contributed by atoms with Gasteiger partial charge in [-0.15, -0.1) is 0 Å². The first kappa shape index (κ1) is 19.2. The maximum atomic E-state index is 2.34. The molecule has 1 aromatic heterocycles. The van der Waals surface area contributed by atoms with E-state index >= 15 is 0 Å². The van der Waals surface area contributed by atoms with Gasteiger partial charge in [0.15, 0.2) is 0 Å². The lowest BCUT2D eigenvalue weighted by Crippen LogP contribution is -2.29. The van der Waals surface area contributed by atoms with Crippen LogP contribution in [0, 0.1) is 34.6 Å². The Hall–Kier alpha value is -3.13. The van der Waals surface area contributed by atoms with E-state index in [0.29, 0.717) is 0 Å². The number of rotatable bonds is 3. The van der Waals surface area contributed by atoms with Gasteiger partial charge in [0.05, 0.1) is 12.6 Å². The van der Waals surface area contributed by atoms with Crippen molar-refractivity contribution in [3.8, 4) is 28.2 Å². The number of hydrogen-bond acceptors (Lipinski definition) is 0. The second-order valence-corrected chi connectivity index (χ2v) is 8.14. The second-order valence-electron chi connectivity index (χ2n) is 8.14. The van der Waals surface area contributed by atoms with Crippen molar-refractivity contribution in [1.29, 1.82) is 0 Å². The van der Waals surface area contributed by atoms with Crippen LogP contribution < -0.4 is 4.57 Å². The third kappa shape index (κ3) is 3.29. The van der Waals surface area contributed by atoms with Crippen LogP contribution >= 0.6 is 0 Å². The van der Waals surface area contributed by atoms with Gasteiger partial charge in [0.1, 0.15) is 18.1 Å². The SMILES string of the molecule is Cc1cc(C)c(-n2cc[n+](C)c2-c2cccc(-c3ccccc3C)c2C)c(C)c1. The molecule has 2 nitrogen and oxygen atoms in total. The van der Waals surface area contributed by atoms with E-state index in [4.69, 9.17) is 0 Å². The molecule has 1 heterocycles. The molecule has 0 saturated heterocycles. The molecule has 0 amide bonds. The van der Waals surface area contributed by atoms with Crippen LogP contribution in [-0.4, -0.2) is 4.57 Å². The zero-order valence-electron chi connectivity index (χ0n) is 18.2. The predicted molar refractivity (Wildman–Crippen MR) is 122 cm³/mol. The normalized spacial score (nSPS) is 11.1. The molecule has 0 spiro atoms. The first-order valence-corrected chi connectivity index (χ1v) is 10.2. The van der Waals surface area contributed by atoms with Gasteiger partial charge in [0, 0.05) is 0 Å². The van der Waals surface area contributed by atoms with Crippen molar-refractivity contribution in [2.45, 2.75) is 34.6 Å². The summed E-state index contributed by atoms with van der Waals surface area (Å²) >= 11 is 0. The van der Waals surface area contributed by atoms with Gasteiger partial charge in [-0.25, -0.2) is 4.57 Å². The van der Waals surface area contributed by atoms with Gasteiger partial charge in [-0.3, -0.25) is 0 Å². The smallest absolute Gasteiger partial charge is 0.232 e. The molecule has 4 aromatic rings. The molecule has 0 bridgehead atoms. The van der Waals surface area contributed by atoms with Gasteiger partial charge in [0.2, 0.25) is 0 Å². The number of aromatic nitrogens is 2. The quantitative estimate of drug-likeness (QED) is 0.375. The fourth-order valence-corrected chi connectivity index (χ4v) is 4.58. The summed E-state index contributed by atoms with van der Waals surface area (Å²) in [4.78, 5) is 0. The standard InChI is InChI=1S/C27H29N2/c1-18-16-20(3)26(21(4)17-18)29-15-14-28(6)27(29)25-13-9-12-24(22(25)5)23-11-8-7-10-19(23)2/h7-17H,1-6H3/q+1. The van der Waals surface area contributed by atoms with Crippen LogP contribution in [0.15, 0.2) is 67.0 Å². The number of hydrogen-bond donors (Lipinski definition) is 0. The number of imidazole rings is 1. The van der Waals surface area contributed by atoms with E-state index in [-0.39, 0.29) is 0 Å². The highest BCUT2D eigenvalue weighted by atomic mass is 15.1. The highest BCUT2D eigenvalue weighted by molar-refractivity contribution is 5.77. The Morgan fingerprint density at radius 3 is 2.00 bits per heavy atom. The van der Waals surface area contributed by atoms with Crippen LogP contribution in [0.1, 0.15) is 27.8 Å². The first-order valence-electron chi connectivity index (χ1n) is 10.2. The van der Waals surface area contributed by atoms with E-state index in [0.717, 1.165) is 0 Å². The van der Waals surface area contributed by atoms with Gasteiger partial charge in [0.25, 0.3) is 5.82 Å². The molecule has 146 valence electrons. The lowest BCUT2D eigenvalue weighted by Gasteiger charge is -2.14. The van der Waals surface area contributed by atoms with E-state index in [1.807, 2.05) is 0 Å². The van der Waals surface area contributed by atoms with Crippen LogP contribution in [0.5, 0.6) is 0 Å². The summed E-state index contributed by atoms with van der Waals surface area (Å²) in [6.45, 7) is 11.0. The molecule has 2 heteroatoms. The van der Waals surface area contributed by atoms with Crippen LogP contribution in [0.25, 0.3) is 28.2 Å². The lowest BCUT2D eigenvalue weighted by atomic mass is 9.93. The number of aryl methyl sites for hydroxylation is 5. The molecule has 0 aliphatic rings. The molecule has 0 unspecified atom stereocenters. The van der Waals surface area contributed by atoms with Gasteiger partial charge in [-0.2, -0.15) is 4.57 Å². The van der Waals surface area contributed by atoms with E-state index in [9.17, 15) is 0 Å². The summed E-state index contributed by atoms with van der Waals surface area (Å²) in [6, 6.07) is 19.8. The highest BCUT2D eigenvalue weighted by Gasteiger charge is 2.24. The van der Waals surface area contributed by atoms with Crippen LogP contribution in [-0.2, 0) is 7.05 Å².